The highest BCUT2D eigenvalue weighted by Crippen LogP contribution is 2.29. The van der Waals surface area contributed by atoms with Gasteiger partial charge in [-0.25, -0.2) is 0 Å². The molecule has 0 amide bonds. The predicted octanol–water partition coefficient (Wildman–Crippen LogP) is 4.40. The standard InChI is InChI=1S/C14H9BrClNO4/c15-10-4-5-14(9(6-10)7-18)21-8-11-12(16)2-1-3-13(11)17(19)20/h1-7H,8H2. The first-order chi connectivity index (χ1) is 10.0. The maximum atomic E-state index is 11.0. The van der Waals surface area contributed by atoms with Crippen molar-refractivity contribution >= 4 is 39.5 Å². The van der Waals surface area contributed by atoms with Crippen molar-refractivity contribution in [3.8, 4) is 5.75 Å². The molecule has 0 saturated heterocycles. The fourth-order valence-corrected chi connectivity index (χ4v) is 2.36. The Morgan fingerprint density at radius 1 is 1.33 bits per heavy atom. The minimum atomic E-state index is -0.521. The maximum Gasteiger partial charge on any atom is 0.277 e. The number of aldehydes is 1. The molecule has 0 radical (unpaired) electrons. The van der Waals surface area contributed by atoms with Gasteiger partial charge in [-0.15, -0.1) is 0 Å². The number of carbonyl (C=O) groups is 1. The van der Waals surface area contributed by atoms with Gasteiger partial charge in [0.15, 0.2) is 6.29 Å². The van der Waals surface area contributed by atoms with E-state index in [1.807, 2.05) is 0 Å². The molecule has 0 aliphatic heterocycles. The SMILES string of the molecule is O=Cc1cc(Br)ccc1OCc1c(Cl)cccc1[N+](=O)[O-]. The van der Waals surface area contributed by atoms with Crippen molar-refractivity contribution in [2.24, 2.45) is 0 Å². The van der Waals surface area contributed by atoms with Gasteiger partial charge in [0.05, 0.1) is 21.1 Å². The highest BCUT2D eigenvalue weighted by Gasteiger charge is 2.17. The average molecular weight is 371 g/mol. The van der Waals surface area contributed by atoms with E-state index in [4.69, 9.17) is 16.3 Å². The number of rotatable bonds is 5. The number of hydrogen-bond acceptors (Lipinski definition) is 4. The smallest absolute Gasteiger partial charge is 0.277 e. The van der Waals surface area contributed by atoms with Crippen LogP contribution in [0.15, 0.2) is 40.9 Å². The van der Waals surface area contributed by atoms with E-state index in [1.54, 1.807) is 24.3 Å². The van der Waals surface area contributed by atoms with Gasteiger partial charge < -0.3 is 4.74 Å². The van der Waals surface area contributed by atoms with Gasteiger partial charge in [-0.1, -0.05) is 33.6 Å². The third kappa shape index (κ3) is 3.59. The lowest BCUT2D eigenvalue weighted by Crippen LogP contribution is -2.03. The molecule has 0 saturated carbocycles. The molecule has 0 N–H and O–H groups in total. The van der Waals surface area contributed by atoms with Gasteiger partial charge in [-0.3, -0.25) is 14.9 Å². The molecule has 0 aromatic heterocycles. The summed E-state index contributed by atoms with van der Waals surface area (Å²) in [5, 5.41) is 11.2. The largest absolute Gasteiger partial charge is 0.488 e. The Hall–Kier alpha value is -1.92. The highest BCUT2D eigenvalue weighted by molar-refractivity contribution is 9.10. The van der Waals surface area contributed by atoms with Crippen LogP contribution in [0.4, 0.5) is 5.69 Å². The van der Waals surface area contributed by atoms with E-state index in [2.05, 4.69) is 15.9 Å². The number of hydrogen-bond donors (Lipinski definition) is 0. The fraction of sp³-hybridized carbons (Fsp3) is 0.0714. The van der Waals surface area contributed by atoms with E-state index in [0.29, 0.717) is 17.6 Å². The minimum Gasteiger partial charge on any atom is -0.488 e. The zero-order chi connectivity index (χ0) is 15.4. The summed E-state index contributed by atoms with van der Waals surface area (Å²) in [6.45, 7) is -0.0988. The van der Waals surface area contributed by atoms with Gasteiger partial charge in [0.2, 0.25) is 0 Å². The van der Waals surface area contributed by atoms with Crippen molar-refractivity contribution in [3.05, 3.63) is 67.1 Å². The van der Waals surface area contributed by atoms with E-state index >= 15 is 0 Å². The Kier molecular flexibility index (Phi) is 4.93. The summed E-state index contributed by atoms with van der Waals surface area (Å²) < 4.78 is 6.24. The molecule has 108 valence electrons. The van der Waals surface area contributed by atoms with Gasteiger partial charge >= 0.3 is 0 Å². The van der Waals surface area contributed by atoms with Crippen LogP contribution >= 0.6 is 27.5 Å². The Bertz CT molecular complexity index is 705. The number of ether oxygens (including phenoxy) is 1. The van der Waals surface area contributed by atoms with Gasteiger partial charge in [0.1, 0.15) is 12.4 Å². The van der Waals surface area contributed by atoms with Crippen molar-refractivity contribution in [2.75, 3.05) is 0 Å². The zero-order valence-corrected chi connectivity index (χ0v) is 12.9. The summed E-state index contributed by atoms with van der Waals surface area (Å²) >= 11 is 9.23. The van der Waals surface area contributed by atoms with Crippen LogP contribution in [0.5, 0.6) is 5.75 Å². The van der Waals surface area contributed by atoms with Crippen molar-refractivity contribution < 1.29 is 14.5 Å². The molecule has 2 rings (SSSR count). The van der Waals surface area contributed by atoms with Crippen molar-refractivity contribution in [2.45, 2.75) is 6.61 Å². The average Bonchev–Trinajstić information content (AvgIpc) is 2.46. The second-order valence-electron chi connectivity index (χ2n) is 4.08. The Morgan fingerprint density at radius 2 is 2.10 bits per heavy atom. The summed E-state index contributed by atoms with van der Waals surface area (Å²) in [5.74, 6) is 0.336. The lowest BCUT2D eigenvalue weighted by atomic mass is 10.2. The quantitative estimate of drug-likeness (QED) is 0.444. The van der Waals surface area contributed by atoms with Crippen LogP contribution in [0.3, 0.4) is 0 Å². The zero-order valence-electron chi connectivity index (χ0n) is 10.6. The number of halogens is 2. The molecule has 0 bridgehead atoms. The predicted molar refractivity (Wildman–Crippen MR) is 82.0 cm³/mol. The summed E-state index contributed by atoms with van der Waals surface area (Å²) in [7, 11) is 0. The molecule has 5 nitrogen and oxygen atoms in total. The number of benzene rings is 2. The van der Waals surface area contributed by atoms with Crippen LogP contribution in [0.2, 0.25) is 5.02 Å². The normalized spacial score (nSPS) is 10.2. The topological polar surface area (TPSA) is 69.4 Å². The van der Waals surface area contributed by atoms with E-state index < -0.39 is 4.92 Å². The molecule has 0 aliphatic carbocycles. The van der Waals surface area contributed by atoms with Crippen LogP contribution < -0.4 is 4.74 Å². The molecule has 7 heteroatoms. The molecule has 0 fully saturated rings. The maximum absolute atomic E-state index is 11.0. The van der Waals surface area contributed by atoms with E-state index in [0.717, 1.165) is 4.47 Å². The third-order valence-electron chi connectivity index (χ3n) is 2.76. The number of carbonyl (C=O) groups excluding carboxylic acids is 1. The summed E-state index contributed by atoms with van der Waals surface area (Å²) in [6.07, 6.45) is 0.654. The Morgan fingerprint density at radius 3 is 2.76 bits per heavy atom. The van der Waals surface area contributed by atoms with E-state index in [-0.39, 0.29) is 22.9 Å². The first-order valence-electron chi connectivity index (χ1n) is 5.82. The third-order valence-corrected chi connectivity index (χ3v) is 3.61. The molecular formula is C14H9BrClNO4. The van der Waals surface area contributed by atoms with Crippen LogP contribution in [-0.2, 0) is 6.61 Å². The molecule has 2 aromatic carbocycles. The Balaban J connectivity index is 2.29. The van der Waals surface area contributed by atoms with Crippen molar-refractivity contribution in [1.29, 1.82) is 0 Å². The van der Waals surface area contributed by atoms with Crippen LogP contribution in [-0.4, -0.2) is 11.2 Å². The van der Waals surface area contributed by atoms with Gasteiger partial charge in [0.25, 0.3) is 5.69 Å². The second kappa shape index (κ2) is 6.69. The van der Waals surface area contributed by atoms with E-state index in [9.17, 15) is 14.9 Å². The molecule has 2 aromatic rings. The first-order valence-corrected chi connectivity index (χ1v) is 6.99. The summed E-state index contributed by atoms with van der Waals surface area (Å²) in [5.41, 5.74) is 0.496. The summed E-state index contributed by atoms with van der Waals surface area (Å²) in [6, 6.07) is 9.33. The second-order valence-corrected chi connectivity index (χ2v) is 5.41. The van der Waals surface area contributed by atoms with Gasteiger partial charge in [-0.2, -0.15) is 0 Å². The Labute approximate surface area is 133 Å². The van der Waals surface area contributed by atoms with Crippen molar-refractivity contribution in [3.63, 3.8) is 0 Å². The molecular weight excluding hydrogens is 362 g/mol. The summed E-state index contributed by atoms with van der Waals surface area (Å²) in [4.78, 5) is 21.5. The molecule has 0 spiro atoms. The van der Waals surface area contributed by atoms with Gasteiger partial charge in [-0.05, 0) is 24.3 Å². The molecule has 0 aliphatic rings. The number of nitro benzene ring substituents is 1. The van der Waals surface area contributed by atoms with E-state index in [1.165, 1.54) is 12.1 Å². The molecule has 0 atom stereocenters. The molecule has 0 heterocycles. The molecule has 21 heavy (non-hydrogen) atoms. The number of nitro groups is 1. The van der Waals surface area contributed by atoms with Crippen LogP contribution in [0, 0.1) is 10.1 Å². The van der Waals surface area contributed by atoms with Crippen LogP contribution in [0.1, 0.15) is 15.9 Å². The lowest BCUT2D eigenvalue weighted by Gasteiger charge is -2.10. The first kappa shape index (κ1) is 15.5. The van der Waals surface area contributed by atoms with Gasteiger partial charge in [0, 0.05) is 10.5 Å². The van der Waals surface area contributed by atoms with Crippen molar-refractivity contribution in [1.82, 2.24) is 0 Å². The fourth-order valence-electron chi connectivity index (χ4n) is 1.75. The monoisotopic (exact) mass is 369 g/mol. The number of nitrogens with zero attached hydrogens (tertiary/aromatic N) is 1. The highest BCUT2D eigenvalue weighted by atomic mass is 79.9. The van der Waals surface area contributed by atoms with Crippen LogP contribution in [0.25, 0.3) is 0 Å². The lowest BCUT2D eigenvalue weighted by molar-refractivity contribution is -0.385. The minimum absolute atomic E-state index is 0.0988. The molecule has 0 unspecified atom stereocenters.